The second-order valence-corrected chi connectivity index (χ2v) is 10.1. The van der Waals surface area contributed by atoms with Crippen molar-refractivity contribution in [1.29, 1.82) is 0 Å². The van der Waals surface area contributed by atoms with Crippen LogP contribution in [-0.4, -0.2) is 87.5 Å². The van der Waals surface area contributed by atoms with Gasteiger partial charge in [-0.3, -0.25) is 4.79 Å². The van der Waals surface area contributed by atoms with E-state index in [0.29, 0.717) is 19.1 Å². The standard InChI is InChI=1S/C23H38N2O5/c1-16-4-3-5-17-14-19-20(21(27)23(16,17)2)18(22(28)30-19)15-25-8-6-24(7-9-25)10-12-29-13-11-26/h5,16,18-21,26-27H,3-4,6-15H2,1-2H3/p+2/t16-,18+,19+,20+,21-,23+/m0/s1. The molecule has 4 aliphatic rings. The van der Waals surface area contributed by atoms with E-state index in [2.05, 4.69) is 19.9 Å². The monoisotopic (exact) mass is 424 g/mol. The molecule has 2 heterocycles. The van der Waals surface area contributed by atoms with Crippen molar-refractivity contribution in [3.8, 4) is 0 Å². The number of piperazine rings is 1. The molecule has 1 saturated carbocycles. The fourth-order valence-electron chi connectivity index (χ4n) is 6.40. The first kappa shape index (κ1) is 22.2. The first-order valence-electron chi connectivity index (χ1n) is 11.9. The Hall–Kier alpha value is -0.990. The van der Waals surface area contributed by atoms with E-state index < -0.39 is 6.10 Å². The molecule has 2 aliphatic heterocycles. The Bertz CT molecular complexity index is 648. The van der Waals surface area contributed by atoms with Gasteiger partial charge in [0.25, 0.3) is 0 Å². The smallest absolute Gasteiger partial charge is 0.315 e. The molecule has 0 unspecified atom stereocenters. The molecule has 2 saturated heterocycles. The maximum atomic E-state index is 12.8. The molecule has 170 valence electrons. The first-order chi connectivity index (χ1) is 14.4. The molecule has 4 N–H and O–H groups in total. The maximum Gasteiger partial charge on any atom is 0.315 e. The fourth-order valence-corrected chi connectivity index (χ4v) is 6.40. The molecule has 30 heavy (non-hydrogen) atoms. The zero-order valence-corrected chi connectivity index (χ0v) is 18.6. The average molecular weight is 425 g/mol. The van der Waals surface area contributed by atoms with Crippen molar-refractivity contribution >= 4 is 5.97 Å². The Morgan fingerprint density at radius 2 is 1.97 bits per heavy atom. The summed E-state index contributed by atoms with van der Waals surface area (Å²) in [5.41, 5.74) is 1.08. The lowest BCUT2D eigenvalue weighted by Gasteiger charge is -2.51. The zero-order valence-electron chi connectivity index (χ0n) is 18.6. The SMILES string of the molecule is C[C@H]1CCC=C2C[C@H]3OC(=O)[C@H](C[NH+]4CC[NH+](CCOCCO)CC4)[C@H]3[C@H](O)[C@@]21C. The van der Waals surface area contributed by atoms with Crippen LogP contribution in [0, 0.1) is 23.2 Å². The molecule has 0 spiro atoms. The molecular formula is C23H40N2O5+2. The van der Waals surface area contributed by atoms with Crippen LogP contribution in [-0.2, 0) is 14.3 Å². The zero-order chi connectivity index (χ0) is 21.3. The number of quaternary nitrogens is 2. The lowest BCUT2D eigenvalue weighted by molar-refractivity contribution is -1.01. The van der Waals surface area contributed by atoms with Crippen LogP contribution in [0.3, 0.4) is 0 Å². The number of nitrogens with one attached hydrogen (secondary N) is 2. The molecule has 0 amide bonds. The number of fused-ring (bicyclic) bond motifs is 2. The molecular weight excluding hydrogens is 384 g/mol. The Kier molecular flexibility index (Phi) is 6.85. The largest absolute Gasteiger partial charge is 0.461 e. The lowest BCUT2D eigenvalue weighted by atomic mass is 9.55. The number of rotatable bonds is 7. The van der Waals surface area contributed by atoms with Gasteiger partial charge in [0.1, 0.15) is 44.7 Å². The minimum atomic E-state index is -0.510. The van der Waals surface area contributed by atoms with Crippen LogP contribution < -0.4 is 9.80 Å². The van der Waals surface area contributed by atoms with Gasteiger partial charge in [0.15, 0.2) is 0 Å². The summed E-state index contributed by atoms with van der Waals surface area (Å²) in [6.45, 7) is 11.6. The van der Waals surface area contributed by atoms with Crippen LogP contribution >= 0.6 is 0 Å². The lowest BCUT2D eigenvalue weighted by Crippen LogP contribution is -3.28. The summed E-state index contributed by atoms with van der Waals surface area (Å²) in [6.07, 6.45) is 4.59. The summed E-state index contributed by atoms with van der Waals surface area (Å²) in [4.78, 5) is 15.8. The normalized spacial score (nSPS) is 43.5. The van der Waals surface area contributed by atoms with Crippen molar-refractivity contribution in [3.63, 3.8) is 0 Å². The van der Waals surface area contributed by atoms with Crippen LogP contribution in [0.15, 0.2) is 11.6 Å². The third-order valence-corrected chi connectivity index (χ3v) is 8.58. The van der Waals surface area contributed by atoms with Gasteiger partial charge in [0.05, 0.1) is 32.5 Å². The van der Waals surface area contributed by atoms with Crippen LogP contribution in [0.2, 0.25) is 0 Å². The Balaban J connectivity index is 1.36. The van der Waals surface area contributed by atoms with Crippen molar-refractivity contribution in [2.45, 2.75) is 45.3 Å². The first-order valence-corrected chi connectivity index (χ1v) is 11.9. The predicted molar refractivity (Wildman–Crippen MR) is 111 cm³/mol. The van der Waals surface area contributed by atoms with Crippen LogP contribution in [0.5, 0.6) is 0 Å². The van der Waals surface area contributed by atoms with Gasteiger partial charge in [-0.25, -0.2) is 0 Å². The molecule has 3 fully saturated rings. The van der Waals surface area contributed by atoms with Crippen molar-refractivity contribution < 1.29 is 34.3 Å². The molecule has 7 nitrogen and oxygen atoms in total. The fraction of sp³-hybridized carbons (Fsp3) is 0.870. The molecule has 4 rings (SSSR count). The third-order valence-electron chi connectivity index (χ3n) is 8.58. The number of hydrogen-bond donors (Lipinski definition) is 4. The highest BCUT2D eigenvalue weighted by Crippen LogP contribution is 2.55. The third kappa shape index (κ3) is 4.07. The molecule has 7 heteroatoms. The number of carbonyl (C=O) groups excluding carboxylic acids is 1. The van der Waals surface area contributed by atoms with Crippen molar-refractivity contribution in [1.82, 2.24) is 0 Å². The van der Waals surface area contributed by atoms with Gasteiger partial charge < -0.3 is 29.5 Å². The average Bonchev–Trinajstić information content (AvgIpc) is 3.04. The molecule has 0 aromatic heterocycles. The minimum absolute atomic E-state index is 0.0772. The summed E-state index contributed by atoms with van der Waals surface area (Å²) in [5.74, 6) is 0.0588. The van der Waals surface area contributed by atoms with Crippen LogP contribution in [0.4, 0.5) is 0 Å². The molecule has 0 aromatic carbocycles. The summed E-state index contributed by atoms with van der Waals surface area (Å²) in [7, 11) is 0. The number of aliphatic hydroxyl groups excluding tert-OH is 2. The number of allylic oxidation sites excluding steroid dienone is 1. The van der Waals surface area contributed by atoms with E-state index in [0.717, 1.165) is 58.5 Å². The van der Waals surface area contributed by atoms with Gasteiger partial charge in [0.2, 0.25) is 0 Å². The summed E-state index contributed by atoms with van der Waals surface area (Å²) in [5, 5.41) is 20.3. The van der Waals surface area contributed by atoms with Gasteiger partial charge in [-0.2, -0.15) is 0 Å². The highest BCUT2D eigenvalue weighted by molar-refractivity contribution is 5.76. The maximum absolute atomic E-state index is 12.8. The Morgan fingerprint density at radius 1 is 1.23 bits per heavy atom. The topological polar surface area (TPSA) is 84.9 Å². The minimum Gasteiger partial charge on any atom is -0.461 e. The molecule has 0 aromatic rings. The predicted octanol–water partition coefficient (Wildman–Crippen LogP) is -1.94. The molecule has 6 atom stereocenters. The van der Waals surface area contributed by atoms with E-state index in [1.165, 1.54) is 15.4 Å². The van der Waals surface area contributed by atoms with Crippen LogP contribution in [0.1, 0.15) is 33.1 Å². The van der Waals surface area contributed by atoms with Gasteiger partial charge >= 0.3 is 5.97 Å². The van der Waals surface area contributed by atoms with E-state index in [1.807, 2.05) is 0 Å². The number of aliphatic hydroxyl groups is 2. The van der Waals surface area contributed by atoms with Crippen LogP contribution in [0.25, 0.3) is 0 Å². The van der Waals surface area contributed by atoms with Gasteiger partial charge in [-0.15, -0.1) is 0 Å². The van der Waals surface area contributed by atoms with Crippen molar-refractivity contribution in [3.05, 3.63) is 11.6 Å². The summed E-state index contributed by atoms with van der Waals surface area (Å²) >= 11 is 0. The Morgan fingerprint density at radius 3 is 2.70 bits per heavy atom. The van der Waals surface area contributed by atoms with E-state index >= 15 is 0 Å². The van der Waals surface area contributed by atoms with Crippen molar-refractivity contribution in [2.75, 3.05) is 59.1 Å². The molecule has 2 aliphatic carbocycles. The van der Waals surface area contributed by atoms with E-state index in [4.69, 9.17) is 14.6 Å². The molecule has 0 radical (unpaired) electrons. The van der Waals surface area contributed by atoms with E-state index in [9.17, 15) is 9.90 Å². The molecule has 0 bridgehead atoms. The highest BCUT2D eigenvalue weighted by atomic mass is 16.6. The number of esters is 1. The second-order valence-electron chi connectivity index (χ2n) is 10.1. The summed E-state index contributed by atoms with van der Waals surface area (Å²) in [6, 6.07) is 0. The van der Waals surface area contributed by atoms with Gasteiger partial charge in [-0.1, -0.05) is 25.5 Å². The number of carbonyl (C=O) groups is 1. The second kappa shape index (κ2) is 9.25. The Labute approximate surface area is 180 Å². The van der Waals surface area contributed by atoms with Crippen molar-refractivity contribution in [2.24, 2.45) is 23.2 Å². The van der Waals surface area contributed by atoms with E-state index in [1.54, 1.807) is 0 Å². The summed E-state index contributed by atoms with van der Waals surface area (Å²) < 4.78 is 11.2. The quantitative estimate of drug-likeness (QED) is 0.217. The number of hydrogen-bond acceptors (Lipinski definition) is 5. The van der Waals surface area contributed by atoms with Gasteiger partial charge in [0, 0.05) is 17.8 Å². The highest BCUT2D eigenvalue weighted by Gasteiger charge is 2.60. The van der Waals surface area contributed by atoms with E-state index in [-0.39, 0.29) is 35.9 Å². The number of ether oxygens (including phenoxy) is 2. The van der Waals surface area contributed by atoms with Gasteiger partial charge in [-0.05, 0) is 18.8 Å².